The predicted octanol–water partition coefficient (Wildman–Crippen LogP) is 2.59. The first-order valence-electron chi connectivity index (χ1n) is 7.06. The maximum atomic E-state index is 11.9. The fourth-order valence-electron chi connectivity index (χ4n) is 2.63. The SMILES string of the molecule is CC1CCC(CCNS(=O)(=O)c2ccc(C=O)o2)CC1. The van der Waals surface area contributed by atoms with Crippen LogP contribution in [0.4, 0.5) is 0 Å². The van der Waals surface area contributed by atoms with E-state index in [1.165, 1.54) is 37.8 Å². The van der Waals surface area contributed by atoms with Gasteiger partial charge in [0.25, 0.3) is 10.0 Å². The van der Waals surface area contributed by atoms with E-state index in [0.29, 0.717) is 18.7 Å². The van der Waals surface area contributed by atoms with Crippen LogP contribution in [0.1, 0.15) is 49.6 Å². The Morgan fingerprint density at radius 1 is 1.30 bits per heavy atom. The van der Waals surface area contributed by atoms with E-state index >= 15 is 0 Å². The van der Waals surface area contributed by atoms with Crippen LogP contribution >= 0.6 is 0 Å². The Balaban J connectivity index is 1.82. The monoisotopic (exact) mass is 299 g/mol. The standard InChI is InChI=1S/C14H21NO4S/c1-11-2-4-12(5-3-11)8-9-15-20(17,18)14-7-6-13(10-16)19-14/h6-7,10-12,15H,2-5,8-9H2,1H3. The minimum atomic E-state index is -3.64. The van der Waals surface area contributed by atoms with Crippen molar-refractivity contribution >= 4 is 16.3 Å². The molecule has 0 saturated heterocycles. The second-order valence-corrected chi connectivity index (χ2v) is 7.28. The molecule has 6 heteroatoms. The van der Waals surface area contributed by atoms with E-state index in [9.17, 15) is 13.2 Å². The first-order chi connectivity index (χ1) is 9.51. The van der Waals surface area contributed by atoms with Crippen molar-refractivity contribution in [2.24, 2.45) is 11.8 Å². The van der Waals surface area contributed by atoms with Crippen molar-refractivity contribution in [3.8, 4) is 0 Å². The molecule has 1 aromatic rings. The number of aldehydes is 1. The summed E-state index contributed by atoms with van der Waals surface area (Å²) in [6, 6.07) is 2.65. The highest BCUT2D eigenvalue weighted by Crippen LogP contribution is 2.30. The topological polar surface area (TPSA) is 76.4 Å². The zero-order valence-electron chi connectivity index (χ0n) is 11.7. The summed E-state index contributed by atoms with van der Waals surface area (Å²) in [5, 5.41) is -0.197. The molecule has 0 aliphatic heterocycles. The molecule has 1 aliphatic rings. The van der Waals surface area contributed by atoms with Gasteiger partial charge in [-0.3, -0.25) is 4.79 Å². The third-order valence-electron chi connectivity index (χ3n) is 3.96. The zero-order valence-corrected chi connectivity index (χ0v) is 12.5. The molecule has 0 radical (unpaired) electrons. The van der Waals surface area contributed by atoms with Crippen molar-refractivity contribution < 1.29 is 17.6 Å². The lowest BCUT2D eigenvalue weighted by atomic mass is 9.81. The molecule has 0 unspecified atom stereocenters. The van der Waals surface area contributed by atoms with Gasteiger partial charge in [0.15, 0.2) is 12.0 Å². The van der Waals surface area contributed by atoms with Crippen LogP contribution in [0.25, 0.3) is 0 Å². The average molecular weight is 299 g/mol. The summed E-state index contributed by atoms with van der Waals surface area (Å²) in [5.74, 6) is 1.43. The average Bonchev–Trinajstić information content (AvgIpc) is 2.90. The molecule has 112 valence electrons. The van der Waals surface area contributed by atoms with Crippen molar-refractivity contribution in [2.45, 2.75) is 44.1 Å². The highest BCUT2D eigenvalue weighted by molar-refractivity contribution is 7.89. The van der Waals surface area contributed by atoms with Crippen LogP contribution < -0.4 is 4.72 Å². The Morgan fingerprint density at radius 2 is 2.00 bits per heavy atom. The molecule has 1 aliphatic carbocycles. The molecule has 20 heavy (non-hydrogen) atoms. The van der Waals surface area contributed by atoms with E-state index in [1.807, 2.05) is 0 Å². The van der Waals surface area contributed by atoms with E-state index in [1.54, 1.807) is 0 Å². The molecular weight excluding hydrogens is 278 g/mol. The van der Waals surface area contributed by atoms with E-state index in [-0.39, 0.29) is 10.9 Å². The maximum Gasteiger partial charge on any atom is 0.273 e. The fraction of sp³-hybridized carbons (Fsp3) is 0.643. The minimum absolute atomic E-state index is 0.0200. The third-order valence-corrected chi connectivity index (χ3v) is 5.30. The summed E-state index contributed by atoms with van der Waals surface area (Å²) in [6.07, 6.45) is 6.17. The van der Waals surface area contributed by atoms with E-state index < -0.39 is 10.0 Å². The fourth-order valence-corrected chi connectivity index (χ4v) is 3.61. The van der Waals surface area contributed by atoms with Gasteiger partial charge in [0.1, 0.15) is 0 Å². The second-order valence-electron chi connectivity index (χ2n) is 5.59. The van der Waals surface area contributed by atoms with Crippen LogP contribution in [0.5, 0.6) is 0 Å². The lowest BCUT2D eigenvalue weighted by Crippen LogP contribution is -2.26. The van der Waals surface area contributed by atoms with Gasteiger partial charge in [-0.2, -0.15) is 0 Å². The molecule has 0 spiro atoms. The first-order valence-corrected chi connectivity index (χ1v) is 8.54. The summed E-state index contributed by atoms with van der Waals surface area (Å²) in [6.45, 7) is 2.68. The van der Waals surface area contributed by atoms with Crippen molar-refractivity contribution in [3.63, 3.8) is 0 Å². The number of carbonyl (C=O) groups is 1. The number of hydrogen-bond acceptors (Lipinski definition) is 4. The number of furan rings is 1. The quantitative estimate of drug-likeness (QED) is 0.819. The molecule has 5 nitrogen and oxygen atoms in total. The summed E-state index contributed by atoms with van der Waals surface area (Å²) >= 11 is 0. The molecule has 0 aromatic carbocycles. The molecule has 1 fully saturated rings. The molecule has 1 heterocycles. The lowest BCUT2D eigenvalue weighted by molar-refractivity contribution is 0.109. The summed E-state index contributed by atoms with van der Waals surface area (Å²) in [7, 11) is -3.64. The number of rotatable bonds is 6. The van der Waals surface area contributed by atoms with Crippen LogP contribution in [0.15, 0.2) is 21.6 Å². The smallest absolute Gasteiger partial charge is 0.273 e. The summed E-state index contributed by atoms with van der Waals surface area (Å²) in [5.41, 5.74) is 0. The predicted molar refractivity (Wildman–Crippen MR) is 75.0 cm³/mol. The van der Waals surface area contributed by atoms with Gasteiger partial charge in [-0.05, 0) is 30.4 Å². The lowest BCUT2D eigenvalue weighted by Gasteiger charge is -2.25. The van der Waals surface area contributed by atoms with Gasteiger partial charge >= 0.3 is 0 Å². The highest BCUT2D eigenvalue weighted by atomic mass is 32.2. The van der Waals surface area contributed by atoms with Crippen LogP contribution in [0, 0.1) is 11.8 Å². The Kier molecular flexibility index (Phi) is 4.99. The number of sulfonamides is 1. The normalized spacial score (nSPS) is 23.6. The van der Waals surface area contributed by atoms with Gasteiger partial charge in [-0.1, -0.05) is 32.6 Å². The second kappa shape index (κ2) is 6.54. The van der Waals surface area contributed by atoms with Crippen LogP contribution in [0.2, 0.25) is 0 Å². The molecule has 0 amide bonds. The van der Waals surface area contributed by atoms with Crippen LogP contribution in [0.3, 0.4) is 0 Å². The summed E-state index contributed by atoms with van der Waals surface area (Å²) in [4.78, 5) is 10.5. The Labute approximate surface area is 119 Å². The van der Waals surface area contributed by atoms with Crippen LogP contribution in [-0.2, 0) is 10.0 Å². The largest absolute Gasteiger partial charge is 0.440 e. The Hall–Kier alpha value is -1.14. The molecule has 1 aromatic heterocycles. The molecule has 0 bridgehead atoms. The van der Waals surface area contributed by atoms with E-state index in [4.69, 9.17) is 4.42 Å². The van der Waals surface area contributed by atoms with Crippen molar-refractivity contribution in [3.05, 3.63) is 17.9 Å². The summed E-state index contributed by atoms with van der Waals surface area (Å²) < 4.78 is 31.3. The maximum absolute atomic E-state index is 11.9. The minimum Gasteiger partial charge on any atom is -0.440 e. The van der Waals surface area contributed by atoms with Gasteiger partial charge in [0.2, 0.25) is 5.09 Å². The van der Waals surface area contributed by atoms with Crippen molar-refractivity contribution in [1.29, 1.82) is 0 Å². The third kappa shape index (κ3) is 3.93. The van der Waals surface area contributed by atoms with Gasteiger partial charge in [0.05, 0.1) is 0 Å². The van der Waals surface area contributed by atoms with Crippen molar-refractivity contribution in [2.75, 3.05) is 6.54 Å². The first kappa shape index (κ1) is 15.3. The molecular formula is C14H21NO4S. The van der Waals surface area contributed by atoms with Crippen LogP contribution in [-0.4, -0.2) is 21.2 Å². The van der Waals surface area contributed by atoms with Gasteiger partial charge < -0.3 is 4.42 Å². The Bertz CT molecular complexity index is 541. The molecule has 1 saturated carbocycles. The van der Waals surface area contributed by atoms with Crippen molar-refractivity contribution in [1.82, 2.24) is 4.72 Å². The van der Waals surface area contributed by atoms with Gasteiger partial charge in [-0.15, -0.1) is 0 Å². The highest BCUT2D eigenvalue weighted by Gasteiger charge is 2.21. The molecule has 1 N–H and O–H groups in total. The zero-order chi connectivity index (χ0) is 14.6. The van der Waals surface area contributed by atoms with Gasteiger partial charge in [-0.25, -0.2) is 13.1 Å². The Morgan fingerprint density at radius 3 is 2.60 bits per heavy atom. The number of carbonyl (C=O) groups excluding carboxylic acids is 1. The number of hydrogen-bond donors (Lipinski definition) is 1. The number of nitrogens with one attached hydrogen (secondary N) is 1. The molecule has 0 atom stereocenters. The van der Waals surface area contributed by atoms with E-state index in [0.717, 1.165) is 12.3 Å². The van der Waals surface area contributed by atoms with E-state index in [2.05, 4.69) is 11.6 Å². The van der Waals surface area contributed by atoms with Gasteiger partial charge in [0, 0.05) is 6.54 Å². The molecule has 2 rings (SSSR count).